The number of hydrogen-bond donors (Lipinski definition) is 0. The standard InChI is InChI=1S/C15H15N3O5S/c1-15-5-4-12(19)18(15)9(8-24-15)14(20)22-7-11-16-17-13(23-11)10-3-2-6-21-10/h2-3,6,9H,4-5,7-8H2,1H3/t9-,15+/m0/s1. The molecule has 2 saturated heterocycles. The zero-order valence-electron chi connectivity index (χ0n) is 12.9. The van der Waals surface area contributed by atoms with Crippen LogP contribution in [-0.4, -0.2) is 43.6 Å². The summed E-state index contributed by atoms with van der Waals surface area (Å²) >= 11 is 1.62. The van der Waals surface area contributed by atoms with Gasteiger partial charge in [0.2, 0.25) is 5.91 Å². The summed E-state index contributed by atoms with van der Waals surface area (Å²) in [5.41, 5.74) is 0. The summed E-state index contributed by atoms with van der Waals surface area (Å²) in [5, 5.41) is 7.67. The molecule has 2 aromatic rings. The molecule has 4 heterocycles. The summed E-state index contributed by atoms with van der Waals surface area (Å²) in [5.74, 6) is 0.954. The molecule has 0 saturated carbocycles. The number of thioether (sulfide) groups is 1. The predicted molar refractivity (Wildman–Crippen MR) is 82.5 cm³/mol. The van der Waals surface area contributed by atoms with Crippen LogP contribution in [0.5, 0.6) is 0 Å². The van der Waals surface area contributed by atoms with Gasteiger partial charge in [0.15, 0.2) is 12.4 Å². The third-order valence-corrected chi connectivity index (χ3v) is 5.76. The zero-order valence-corrected chi connectivity index (χ0v) is 13.7. The molecule has 0 N–H and O–H groups in total. The van der Waals surface area contributed by atoms with Crippen molar-refractivity contribution in [3.05, 3.63) is 24.3 Å². The number of carbonyl (C=O) groups excluding carboxylic acids is 2. The fourth-order valence-electron chi connectivity index (χ4n) is 3.04. The van der Waals surface area contributed by atoms with Gasteiger partial charge in [-0.3, -0.25) is 4.79 Å². The molecule has 2 fully saturated rings. The van der Waals surface area contributed by atoms with E-state index in [4.69, 9.17) is 13.6 Å². The van der Waals surface area contributed by atoms with E-state index < -0.39 is 12.0 Å². The van der Waals surface area contributed by atoms with Crippen molar-refractivity contribution in [1.29, 1.82) is 0 Å². The van der Waals surface area contributed by atoms with E-state index in [1.54, 1.807) is 28.8 Å². The minimum Gasteiger partial charge on any atom is -0.459 e. The Balaban J connectivity index is 1.40. The molecular weight excluding hydrogens is 334 g/mol. The van der Waals surface area contributed by atoms with Gasteiger partial charge in [0.1, 0.15) is 6.04 Å². The second-order valence-electron chi connectivity index (χ2n) is 5.85. The van der Waals surface area contributed by atoms with Crippen molar-refractivity contribution < 1.29 is 23.2 Å². The Labute approximate surface area is 141 Å². The Morgan fingerprint density at radius 1 is 1.54 bits per heavy atom. The van der Waals surface area contributed by atoms with Crippen molar-refractivity contribution >= 4 is 23.6 Å². The molecule has 0 spiro atoms. The van der Waals surface area contributed by atoms with E-state index in [1.807, 2.05) is 6.92 Å². The van der Waals surface area contributed by atoms with E-state index in [2.05, 4.69) is 10.2 Å². The van der Waals surface area contributed by atoms with Crippen LogP contribution in [0, 0.1) is 0 Å². The number of carbonyl (C=O) groups is 2. The second kappa shape index (κ2) is 5.66. The van der Waals surface area contributed by atoms with Crippen molar-refractivity contribution in [2.45, 2.75) is 37.3 Å². The third kappa shape index (κ3) is 2.48. The lowest BCUT2D eigenvalue weighted by Gasteiger charge is -2.29. The van der Waals surface area contributed by atoms with Crippen LogP contribution in [0.1, 0.15) is 25.7 Å². The summed E-state index contributed by atoms with van der Waals surface area (Å²) < 4.78 is 15.8. The van der Waals surface area contributed by atoms with Crippen LogP contribution < -0.4 is 0 Å². The molecule has 8 nitrogen and oxygen atoms in total. The van der Waals surface area contributed by atoms with Crippen LogP contribution in [0.15, 0.2) is 27.2 Å². The summed E-state index contributed by atoms with van der Waals surface area (Å²) in [6, 6.07) is 2.85. The van der Waals surface area contributed by atoms with E-state index in [9.17, 15) is 9.59 Å². The number of nitrogens with zero attached hydrogens (tertiary/aromatic N) is 3. The highest BCUT2D eigenvalue weighted by molar-refractivity contribution is 8.01. The minimum atomic E-state index is -0.553. The van der Waals surface area contributed by atoms with Crippen molar-refractivity contribution in [3.63, 3.8) is 0 Å². The van der Waals surface area contributed by atoms with Gasteiger partial charge >= 0.3 is 5.97 Å². The van der Waals surface area contributed by atoms with Crippen LogP contribution in [0.3, 0.4) is 0 Å². The van der Waals surface area contributed by atoms with Gasteiger partial charge in [-0.1, -0.05) is 0 Å². The molecule has 0 aromatic carbocycles. The molecule has 0 unspecified atom stereocenters. The Morgan fingerprint density at radius 3 is 3.21 bits per heavy atom. The van der Waals surface area contributed by atoms with Gasteiger partial charge in [-0.15, -0.1) is 22.0 Å². The fourth-order valence-corrected chi connectivity index (χ4v) is 4.45. The average Bonchev–Trinajstić information content (AvgIpc) is 3.31. The van der Waals surface area contributed by atoms with Crippen molar-refractivity contribution in [2.24, 2.45) is 0 Å². The molecule has 2 aromatic heterocycles. The molecule has 2 aliphatic heterocycles. The Morgan fingerprint density at radius 2 is 2.42 bits per heavy atom. The number of rotatable bonds is 4. The number of hydrogen-bond acceptors (Lipinski definition) is 8. The van der Waals surface area contributed by atoms with Gasteiger partial charge in [0.25, 0.3) is 11.8 Å². The maximum absolute atomic E-state index is 12.3. The van der Waals surface area contributed by atoms with Gasteiger partial charge in [0.05, 0.1) is 11.1 Å². The lowest BCUT2D eigenvalue weighted by molar-refractivity contribution is -0.155. The Hall–Kier alpha value is -2.29. The predicted octanol–water partition coefficient (Wildman–Crippen LogP) is 1.83. The van der Waals surface area contributed by atoms with Gasteiger partial charge in [0, 0.05) is 12.2 Å². The lowest BCUT2D eigenvalue weighted by Crippen LogP contribution is -2.46. The monoisotopic (exact) mass is 349 g/mol. The molecule has 4 rings (SSSR count). The molecule has 9 heteroatoms. The van der Waals surface area contributed by atoms with E-state index in [0.717, 1.165) is 6.42 Å². The summed E-state index contributed by atoms with van der Waals surface area (Å²) in [7, 11) is 0. The number of aromatic nitrogens is 2. The summed E-state index contributed by atoms with van der Waals surface area (Å²) in [6.45, 7) is 1.86. The largest absolute Gasteiger partial charge is 0.459 e. The highest BCUT2D eigenvalue weighted by Crippen LogP contribution is 2.47. The maximum Gasteiger partial charge on any atom is 0.330 e. The average molecular weight is 349 g/mol. The fraction of sp³-hybridized carbons (Fsp3) is 0.467. The smallest absolute Gasteiger partial charge is 0.330 e. The van der Waals surface area contributed by atoms with Crippen LogP contribution in [0.2, 0.25) is 0 Å². The molecule has 0 radical (unpaired) electrons. The molecule has 2 atom stereocenters. The van der Waals surface area contributed by atoms with Crippen molar-refractivity contribution in [3.8, 4) is 11.7 Å². The van der Waals surface area contributed by atoms with Gasteiger partial charge < -0.3 is 18.5 Å². The topological polar surface area (TPSA) is 98.7 Å². The first kappa shape index (κ1) is 15.3. The summed E-state index contributed by atoms with van der Waals surface area (Å²) in [6.07, 6.45) is 2.74. The maximum atomic E-state index is 12.3. The van der Waals surface area contributed by atoms with E-state index in [0.29, 0.717) is 17.9 Å². The summed E-state index contributed by atoms with van der Waals surface area (Å²) in [4.78, 5) is 25.7. The number of fused-ring (bicyclic) bond motifs is 1. The van der Waals surface area contributed by atoms with Crippen LogP contribution >= 0.6 is 11.8 Å². The number of amides is 1. The molecule has 1 amide bonds. The quantitative estimate of drug-likeness (QED) is 0.771. The van der Waals surface area contributed by atoms with Gasteiger partial charge in [-0.25, -0.2) is 4.79 Å². The van der Waals surface area contributed by atoms with E-state index >= 15 is 0 Å². The highest BCUT2D eigenvalue weighted by Gasteiger charge is 2.53. The Bertz CT molecular complexity index is 774. The molecular formula is C15H15N3O5S. The van der Waals surface area contributed by atoms with E-state index in [-0.39, 0.29) is 29.2 Å². The first-order valence-electron chi connectivity index (χ1n) is 7.56. The van der Waals surface area contributed by atoms with Crippen LogP contribution in [-0.2, 0) is 20.9 Å². The van der Waals surface area contributed by atoms with Crippen molar-refractivity contribution in [2.75, 3.05) is 5.75 Å². The minimum absolute atomic E-state index is 0.00217. The molecule has 24 heavy (non-hydrogen) atoms. The van der Waals surface area contributed by atoms with E-state index in [1.165, 1.54) is 6.26 Å². The number of ether oxygens (including phenoxy) is 1. The number of furan rings is 1. The lowest BCUT2D eigenvalue weighted by atomic mass is 10.2. The zero-order chi connectivity index (χ0) is 16.7. The number of esters is 1. The Kier molecular flexibility index (Phi) is 3.60. The first-order valence-corrected chi connectivity index (χ1v) is 8.54. The highest BCUT2D eigenvalue weighted by atomic mass is 32.2. The molecule has 0 bridgehead atoms. The SMILES string of the molecule is C[C@@]12CCC(=O)N1[C@H](C(=O)OCc1nnc(-c3ccco3)o1)CS2. The first-order chi connectivity index (χ1) is 11.6. The molecule has 2 aliphatic rings. The van der Waals surface area contributed by atoms with Crippen molar-refractivity contribution in [1.82, 2.24) is 15.1 Å². The second-order valence-corrected chi connectivity index (χ2v) is 7.35. The van der Waals surface area contributed by atoms with Crippen LogP contribution in [0.4, 0.5) is 0 Å². The van der Waals surface area contributed by atoms with Gasteiger partial charge in [-0.05, 0) is 25.5 Å². The third-order valence-electron chi connectivity index (χ3n) is 4.25. The normalized spacial score (nSPS) is 26.0. The van der Waals surface area contributed by atoms with Crippen LogP contribution in [0.25, 0.3) is 11.7 Å². The van der Waals surface area contributed by atoms with Gasteiger partial charge in [-0.2, -0.15) is 0 Å². The molecule has 126 valence electrons. The molecule has 0 aliphatic carbocycles.